The van der Waals surface area contributed by atoms with Gasteiger partial charge >= 0.3 is 0 Å². The number of aryl methyl sites for hydroxylation is 1. The summed E-state index contributed by atoms with van der Waals surface area (Å²) in [5.74, 6) is 2.24. The van der Waals surface area contributed by atoms with Gasteiger partial charge in [0.25, 0.3) is 0 Å². The molecule has 0 aliphatic heterocycles. The van der Waals surface area contributed by atoms with Crippen molar-refractivity contribution in [3.63, 3.8) is 0 Å². The lowest BCUT2D eigenvalue weighted by atomic mass is 10.1. The van der Waals surface area contributed by atoms with Gasteiger partial charge in [-0.25, -0.2) is 4.98 Å². The highest BCUT2D eigenvalue weighted by Gasteiger charge is 2.02. The summed E-state index contributed by atoms with van der Waals surface area (Å²) in [6.07, 6.45) is 4.02. The molecule has 0 saturated heterocycles. The molecule has 140 valence electrons. The summed E-state index contributed by atoms with van der Waals surface area (Å²) in [4.78, 5) is 8.81. The topological polar surface area (TPSA) is 59.1 Å². The SMILES string of the molecule is CC(C)Oc1ccc(Nc2nccc(NCCCc3ccccc3)n2)cc1. The third kappa shape index (κ3) is 6.29. The first kappa shape index (κ1) is 18.7. The summed E-state index contributed by atoms with van der Waals surface area (Å²) in [5.41, 5.74) is 2.28. The molecule has 1 heterocycles. The van der Waals surface area contributed by atoms with Gasteiger partial charge in [0.2, 0.25) is 5.95 Å². The Balaban J connectivity index is 1.49. The average molecular weight is 362 g/mol. The Morgan fingerprint density at radius 1 is 0.963 bits per heavy atom. The van der Waals surface area contributed by atoms with Crippen molar-refractivity contribution in [2.75, 3.05) is 17.2 Å². The molecule has 0 amide bonds. The number of hydrogen-bond donors (Lipinski definition) is 2. The fraction of sp³-hybridized carbons (Fsp3) is 0.273. The normalized spacial score (nSPS) is 10.6. The van der Waals surface area contributed by atoms with Gasteiger partial charge in [0.15, 0.2) is 0 Å². The van der Waals surface area contributed by atoms with Gasteiger partial charge in [-0.1, -0.05) is 30.3 Å². The van der Waals surface area contributed by atoms with Crippen LogP contribution < -0.4 is 15.4 Å². The zero-order chi connectivity index (χ0) is 18.9. The minimum atomic E-state index is 0.164. The molecule has 0 atom stereocenters. The van der Waals surface area contributed by atoms with Crippen LogP contribution in [0.25, 0.3) is 0 Å². The smallest absolute Gasteiger partial charge is 0.229 e. The van der Waals surface area contributed by atoms with Crippen LogP contribution in [-0.4, -0.2) is 22.6 Å². The number of benzene rings is 2. The molecule has 0 aliphatic rings. The van der Waals surface area contributed by atoms with Crippen molar-refractivity contribution in [2.45, 2.75) is 32.8 Å². The maximum Gasteiger partial charge on any atom is 0.229 e. The van der Waals surface area contributed by atoms with Gasteiger partial charge in [-0.15, -0.1) is 0 Å². The van der Waals surface area contributed by atoms with E-state index in [1.165, 1.54) is 5.56 Å². The van der Waals surface area contributed by atoms with Crippen molar-refractivity contribution in [3.05, 3.63) is 72.4 Å². The van der Waals surface area contributed by atoms with Crippen molar-refractivity contribution >= 4 is 17.5 Å². The van der Waals surface area contributed by atoms with Gasteiger partial charge in [0, 0.05) is 18.4 Å². The van der Waals surface area contributed by atoms with Crippen molar-refractivity contribution in [2.24, 2.45) is 0 Å². The standard InChI is InChI=1S/C22H26N4O/c1-17(2)27-20-12-10-19(11-13-20)25-22-24-16-14-21(26-22)23-15-6-9-18-7-4-3-5-8-18/h3-5,7-8,10-14,16-17H,6,9,15H2,1-2H3,(H2,23,24,25,26). The molecule has 5 nitrogen and oxygen atoms in total. The molecule has 2 N–H and O–H groups in total. The molecule has 3 aromatic rings. The molecule has 0 aliphatic carbocycles. The molecule has 0 spiro atoms. The van der Waals surface area contributed by atoms with Crippen molar-refractivity contribution in [1.29, 1.82) is 0 Å². The van der Waals surface area contributed by atoms with E-state index in [0.29, 0.717) is 5.95 Å². The lowest BCUT2D eigenvalue weighted by molar-refractivity contribution is 0.242. The molecule has 0 saturated carbocycles. The summed E-state index contributed by atoms with van der Waals surface area (Å²) in [6.45, 7) is 4.89. The Morgan fingerprint density at radius 3 is 2.48 bits per heavy atom. The maximum atomic E-state index is 5.66. The minimum Gasteiger partial charge on any atom is -0.491 e. The van der Waals surface area contributed by atoms with Crippen molar-refractivity contribution in [1.82, 2.24) is 9.97 Å². The predicted molar refractivity (Wildman–Crippen MR) is 111 cm³/mol. The van der Waals surface area contributed by atoms with Crippen LogP contribution >= 0.6 is 0 Å². The summed E-state index contributed by atoms with van der Waals surface area (Å²) in [6, 6.07) is 20.2. The number of hydrogen-bond acceptors (Lipinski definition) is 5. The van der Waals surface area contributed by atoms with Gasteiger partial charge in [-0.05, 0) is 62.6 Å². The summed E-state index contributed by atoms with van der Waals surface area (Å²) in [7, 11) is 0. The molecule has 27 heavy (non-hydrogen) atoms. The van der Waals surface area contributed by atoms with E-state index < -0.39 is 0 Å². The summed E-state index contributed by atoms with van der Waals surface area (Å²) >= 11 is 0. The third-order valence-electron chi connectivity index (χ3n) is 3.93. The molecule has 0 bridgehead atoms. The molecular formula is C22H26N4O. The number of ether oxygens (including phenoxy) is 1. The van der Waals surface area contributed by atoms with Crippen LogP contribution in [0.1, 0.15) is 25.8 Å². The fourth-order valence-electron chi connectivity index (χ4n) is 2.69. The van der Waals surface area contributed by atoms with Crippen LogP contribution in [0, 0.1) is 0 Å². The lowest BCUT2D eigenvalue weighted by Crippen LogP contribution is -2.07. The average Bonchev–Trinajstić information content (AvgIpc) is 2.68. The minimum absolute atomic E-state index is 0.164. The Kier molecular flexibility index (Phi) is 6.63. The van der Waals surface area contributed by atoms with E-state index in [4.69, 9.17) is 4.74 Å². The number of nitrogens with one attached hydrogen (secondary N) is 2. The molecule has 5 heteroatoms. The van der Waals surface area contributed by atoms with E-state index in [1.807, 2.05) is 50.2 Å². The highest BCUT2D eigenvalue weighted by Crippen LogP contribution is 2.19. The van der Waals surface area contributed by atoms with Crippen LogP contribution in [0.15, 0.2) is 66.9 Å². The third-order valence-corrected chi connectivity index (χ3v) is 3.93. The number of rotatable bonds is 9. The fourth-order valence-corrected chi connectivity index (χ4v) is 2.69. The highest BCUT2D eigenvalue weighted by atomic mass is 16.5. The predicted octanol–water partition coefficient (Wildman–Crippen LogP) is 5.05. The Hall–Kier alpha value is -3.08. The van der Waals surface area contributed by atoms with Gasteiger partial charge < -0.3 is 15.4 Å². The second kappa shape index (κ2) is 9.57. The monoisotopic (exact) mass is 362 g/mol. The molecule has 2 aromatic carbocycles. The quantitative estimate of drug-likeness (QED) is 0.522. The Morgan fingerprint density at radius 2 is 1.74 bits per heavy atom. The van der Waals surface area contributed by atoms with Crippen LogP contribution in [0.2, 0.25) is 0 Å². The van der Waals surface area contributed by atoms with Gasteiger partial charge in [0.1, 0.15) is 11.6 Å². The second-order valence-corrected chi connectivity index (χ2v) is 6.60. The van der Waals surface area contributed by atoms with Gasteiger partial charge in [-0.3, -0.25) is 0 Å². The summed E-state index contributed by atoms with van der Waals surface area (Å²) < 4.78 is 5.66. The Labute approximate surface area is 160 Å². The van der Waals surface area contributed by atoms with E-state index in [-0.39, 0.29) is 6.10 Å². The van der Waals surface area contributed by atoms with Crippen LogP contribution in [0.4, 0.5) is 17.5 Å². The van der Waals surface area contributed by atoms with E-state index in [0.717, 1.165) is 36.6 Å². The molecule has 1 aromatic heterocycles. The van der Waals surface area contributed by atoms with E-state index >= 15 is 0 Å². The van der Waals surface area contributed by atoms with Crippen LogP contribution in [-0.2, 0) is 6.42 Å². The largest absolute Gasteiger partial charge is 0.491 e. The zero-order valence-corrected chi connectivity index (χ0v) is 15.9. The number of anilines is 3. The van der Waals surface area contributed by atoms with Crippen LogP contribution in [0.3, 0.4) is 0 Å². The summed E-state index contributed by atoms with van der Waals surface area (Å²) in [5, 5.41) is 6.58. The highest BCUT2D eigenvalue weighted by molar-refractivity contribution is 5.55. The van der Waals surface area contributed by atoms with E-state index in [1.54, 1.807) is 6.20 Å². The Bertz CT molecular complexity index is 819. The first-order chi connectivity index (χ1) is 13.2. The molecule has 0 fully saturated rings. The van der Waals surface area contributed by atoms with Gasteiger partial charge in [-0.2, -0.15) is 4.98 Å². The zero-order valence-electron chi connectivity index (χ0n) is 15.9. The van der Waals surface area contributed by atoms with Crippen LogP contribution in [0.5, 0.6) is 5.75 Å². The maximum absolute atomic E-state index is 5.66. The first-order valence-electron chi connectivity index (χ1n) is 9.33. The molecule has 0 radical (unpaired) electrons. The molecule has 3 rings (SSSR count). The van der Waals surface area contributed by atoms with Crippen molar-refractivity contribution in [3.8, 4) is 5.75 Å². The van der Waals surface area contributed by atoms with E-state index in [2.05, 4.69) is 44.9 Å². The van der Waals surface area contributed by atoms with E-state index in [9.17, 15) is 0 Å². The number of aromatic nitrogens is 2. The van der Waals surface area contributed by atoms with Gasteiger partial charge in [0.05, 0.1) is 6.10 Å². The molecular weight excluding hydrogens is 336 g/mol. The second-order valence-electron chi connectivity index (χ2n) is 6.60. The number of nitrogens with zero attached hydrogens (tertiary/aromatic N) is 2. The lowest BCUT2D eigenvalue weighted by Gasteiger charge is -2.11. The van der Waals surface area contributed by atoms with Crippen molar-refractivity contribution < 1.29 is 4.74 Å². The molecule has 0 unspecified atom stereocenters. The first-order valence-corrected chi connectivity index (χ1v) is 9.33.